The molecule has 0 aliphatic carbocycles. The molecular weight excluding hydrogens is 504 g/mol. The largest absolute Gasteiger partial charge is 0.455 e. The van der Waals surface area contributed by atoms with E-state index in [9.17, 15) is 9.59 Å². The number of rotatable bonds is 6. The van der Waals surface area contributed by atoms with Crippen LogP contribution in [0.15, 0.2) is 56.7 Å². The van der Waals surface area contributed by atoms with Crippen molar-refractivity contribution in [1.82, 2.24) is 4.98 Å². The lowest BCUT2D eigenvalue weighted by molar-refractivity contribution is 0.00637. The number of aromatic nitrogens is 1. The number of carbonyl (C=O) groups excluding carboxylic acids is 1. The van der Waals surface area contributed by atoms with E-state index in [1.807, 2.05) is 77.9 Å². The standard InChI is InChI=1S/C32H36N4O4/c1-17-13-23(20(4)36-26-12-9-18(2)35-27(26)31(38)40-32(5,6)7)30-24(14-17)28(37)19(3)29(39-30)21-10-11-25(33)22(15-21)16-34-8/h9-16,20,36H,33H2,1-8H3. The van der Waals surface area contributed by atoms with Crippen molar-refractivity contribution in [3.63, 3.8) is 0 Å². The van der Waals surface area contributed by atoms with E-state index in [2.05, 4.69) is 15.3 Å². The summed E-state index contributed by atoms with van der Waals surface area (Å²) in [5.41, 5.74) is 11.5. The molecule has 2 aromatic heterocycles. The fourth-order valence-corrected chi connectivity index (χ4v) is 4.60. The first kappa shape index (κ1) is 28.5. The summed E-state index contributed by atoms with van der Waals surface area (Å²) in [6, 6.07) is 12.6. The maximum atomic E-state index is 13.6. The summed E-state index contributed by atoms with van der Waals surface area (Å²) in [6.07, 6.45) is 1.67. The summed E-state index contributed by atoms with van der Waals surface area (Å²) in [4.78, 5) is 35.1. The molecule has 0 saturated carbocycles. The van der Waals surface area contributed by atoms with Crippen LogP contribution in [-0.2, 0) is 4.74 Å². The molecule has 0 radical (unpaired) electrons. The third-order valence-corrected chi connectivity index (χ3v) is 6.47. The highest BCUT2D eigenvalue weighted by Crippen LogP contribution is 2.33. The molecule has 0 amide bonds. The van der Waals surface area contributed by atoms with Gasteiger partial charge in [-0.25, -0.2) is 9.78 Å². The number of nitrogens with one attached hydrogen (secondary N) is 1. The van der Waals surface area contributed by atoms with Gasteiger partial charge in [-0.05, 0) is 90.4 Å². The number of pyridine rings is 1. The molecule has 208 valence electrons. The van der Waals surface area contributed by atoms with E-state index in [4.69, 9.17) is 14.9 Å². The van der Waals surface area contributed by atoms with Crippen LogP contribution >= 0.6 is 0 Å². The molecule has 40 heavy (non-hydrogen) atoms. The van der Waals surface area contributed by atoms with Gasteiger partial charge in [-0.2, -0.15) is 0 Å². The lowest BCUT2D eigenvalue weighted by Gasteiger charge is -2.22. The van der Waals surface area contributed by atoms with Gasteiger partial charge in [-0.1, -0.05) is 6.07 Å². The van der Waals surface area contributed by atoms with E-state index in [-0.39, 0.29) is 17.2 Å². The number of nitrogens with two attached hydrogens (primary N) is 1. The molecule has 2 aromatic carbocycles. The molecule has 2 heterocycles. The van der Waals surface area contributed by atoms with Crippen molar-refractivity contribution in [1.29, 1.82) is 0 Å². The average Bonchev–Trinajstić information content (AvgIpc) is 2.87. The number of anilines is 2. The van der Waals surface area contributed by atoms with E-state index < -0.39 is 11.6 Å². The highest BCUT2D eigenvalue weighted by Gasteiger charge is 2.24. The molecule has 0 aliphatic rings. The van der Waals surface area contributed by atoms with Crippen molar-refractivity contribution in [3.8, 4) is 11.3 Å². The second kappa shape index (κ2) is 11.0. The monoisotopic (exact) mass is 540 g/mol. The van der Waals surface area contributed by atoms with Crippen LogP contribution in [0, 0.1) is 20.8 Å². The van der Waals surface area contributed by atoms with Gasteiger partial charge in [0.1, 0.15) is 16.9 Å². The highest BCUT2D eigenvalue weighted by atomic mass is 16.6. The van der Waals surface area contributed by atoms with E-state index in [1.165, 1.54) is 0 Å². The van der Waals surface area contributed by atoms with Gasteiger partial charge in [-0.3, -0.25) is 9.79 Å². The number of hydrogen-bond acceptors (Lipinski definition) is 8. The lowest BCUT2D eigenvalue weighted by atomic mass is 9.98. The van der Waals surface area contributed by atoms with Gasteiger partial charge >= 0.3 is 5.97 Å². The maximum Gasteiger partial charge on any atom is 0.359 e. The SMILES string of the molecule is CN=Cc1cc(-c2oc3c(C(C)Nc4ccc(C)nc4C(=O)OC(C)(C)C)cc(C)cc3c(=O)c2C)ccc1N. The average molecular weight is 541 g/mol. The summed E-state index contributed by atoms with van der Waals surface area (Å²) in [5, 5.41) is 3.90. The van der Waals surface area contributed by atoms with Gasteiger partial charge in [0, 0.05) is 46.9 Å². The Morgan fingerprint density at radius 1 is 1.12 bits per heavy atom. The molecule has 0 aliphatic heterocycles. The quantitative estimate of drug-likeness (QED) is 0.162. The third-order valence-electron chi connectivity index (χ3n) is 6.47. The zero-order valence-electron chi connectivity index (χ0n) is 24.3. The predicted molar refractivity (Wildman–Crippen MR) is 162 cm³/mol. The van der Waals surface area contributed by atoms with Crippen LogP contribution in [0.2, 0.25) is 0 Å². The minimum absolute atomic E-state index is 0.109. The summed E-state index contributed by atoms with van der Waals surface area (Å²) >= 11 is 0. The van der Waals surface area contributed by atoms with Crippen LogP contribution in [0.3, 0.4) is 0 Å². The van der Waals surface area contributed by atoms with Gasteiger partial charge < -0.3 is 20.2 Å². The Labute approximate surface area is 234 Å². The third kappa shape index (κ3) is 5.91. The first-order chi connectivity index (χ1) is 18.8. The summed E-state index contributed by atoms with van der Waals surface area (Å²) in [7, 11) is 1.67. The zero-order chi connectivity index (χ0) is 29.4. The second-order valence-electron chi connectivity index (χ2n) is 11.1. The van der Waals surface area contributed by atoms with Crippen molar-refractivity contribution in [2.75, 3.05) is 18.1 Å². The van der Waals surface area contributed by atoms with E-state index in [1.54, 1.807) is 26.3 Å². The number of fused-ring (bicyclic) bond motifs is 1. The fourth-order valence-electron chi connectivity index (χ4n) is 4.60. The van der Waals surface area contributed by atoms with Gasteiger partial charge in [0.05, 0.1) is 17.1 Å². The van der Waals surface area contributed by atoms with Gasteiger partial charge in [0.15, 0.2) is 11.1 Å². The molecule has 0 bridgehead atoms. The Morgan fingerprint density at radius 3 is 2.52 bits per heavy atom. The normalized spacial score (nSPS) is 12.6. The zero-order valence-corrected chi connectivity index (χ0v) is 24.3. The molecule has 4 rings (SSSR count). The topological polar surface area (TPSA) is 120 Å². The summed E-state index contributed by atoms with van der Waals surface area (Å²) < 4.78 is 12.1. The van der Waals surface area contributed by atoms with Crippen molar-refractivity contribution in [2.45, 2.75) is 60.1 Å². The number of benzene rings is 2. The minimum atomic E-state index is -0.666. The first-order valence-corrected chi connectivity index (χ1v) is 13.2. The molecule has 1 unspecified atom stereocenters. The number of esters is 1. The van der Waals surface area contributed by atoms with Crippen molar-refractivity contribution >= 4 is 34.5 Å². The molecular formula is C32H36N4O4. The Balaban J connectivity index is 1.85. The molecule has 4 aromatic rings. The second-order valence-corrected chi connectivity index (χ2v) is 11.1. The molecule has 3 N–H and O–H groups in total. The molecule has 1 atom stereocenters. The van der Waals surface area contributed by atoms with E-state index in [0.717, 1.165) is 22.3 Å². The molecule has 0 saturated heterocycles. The molecule has 8 nitrogen and oxygen atoms in total. The number of ether oxygens (including phenoxy) is 1. The van der Waals surface area contributed by atoms with Crippen LogP contribution in [0.5, 0.6) is 0 Å². The first-order valence-electron chi connectivity index (χ1n) is 13.2. The van der Waals surface area contributed by atoms with Crippen LogP contribution < -0.4 is 16.5 Å². The number of hydrogen-bond donors (Lipinski definition) is 2. The number of aryl methyl sites for hydroxylation is 2. The van der Waals surface area contributed by atoms with Gasteiger partial charge in [-0.15, -0.1) is 0 Å². The number of carbonyl (C=O) groups is 1. The van der Waals surface area contributed by atoms with E-state index in [0.29, 0.717) is 39.4 Å². The Bertz CT molecular complexity index is 1700. The Morgan fingerprint density at radius 2 is 1.85 bits per heavy atom. The number of aliphatic imine (C=N–C) groups is 1. The van der Waals surface area contributed by atoms with Crippen molar-refractivity contribution < 1.29 is 13.9 Å². The van der Waals surface area contributed by atoms with Crippen LogP contribution in [0.25, 0.3) is 22.3 Å². The fraction of sp³-hybridized carbons (Fsp3) is 0.312. The Kier molecular flexibility index (Phi) is 7.82. The predicted octanol–water partition coefficient (Wildman–Crippen LogP) is 6.54. The van der Waals surface area contributed by atoms with Gasteiger partial charge in [0.2, 0.25) is 0 Å². The van der Waals surface area contributed by atoms with Gasteiger partial charge in [0.25, 0.3) is 0 Å². The highest BCUT2D eigenvalue weighted by molar-refractivity contribution is 5.94. The summed E-state index contributed by atoms with van der Waals surface area (Å²) in [5.74, 6) is -0.0498. The van der Waals surface area contributed by atoms with E-state index >= 15 is 0 Å². The van der Waals surface area contributed by atoms with Crippen LogP contribution in [0.4, 0.5) is 11.4 Å². The molecule has 0 spiro atoms. The Hall–Kier alpha value is -4.46. The van der Waals surface area contributed by atoms with Crippen molar-refractivity contribution in [2.24, 2.45) is 4.99 Å². The van der Waals surface area contributed by atoms with Crippen molar-refractivity contribution in [3.05, 3.63) is 86.3 Å². The maximum absolute atomic E-state index is 13.6. The molecule has 8 heteroatoms. The summed E-state index contributed by atoms with van der Waals surface area (Å²) in [6.45, 7) is 12.9. The minimum Gasteiger partial charge on any atom is -0.455 e. The smallest absolute Gasteiger partial charge is 0.359 e. The lowest BCUT2D eigenvalue weighted by Crippen LogP contribution is -2.25. The molecule has 0 fully saturated rings. The van der Waals surface area contributed by atoms with Crippen LogP contribution in [0.1, 0.15) is 72.2 Å². The number of nitrogens with zero attached hydrogens (tertiary/aromatic N) is 2. The van der Waals surface area contributed by atoms with Crippen LogP contribution in [-0.4, -0.2) is 29.8 Å². The number of nitrogen functional groups attached to an aromatic ring is 1.